The Hall–Kier alpha value is -2.46. The highest BCUT2D eigenvalue weighted by Gasteiger charge is 2.46. The first kappa shape index (κ1) is 20.8. The van der Waals surface area contributed by atoms with Crippen LogP contribution in [0.25, 0.3) is 6.08 Å². The second kappa shape index (κ2) is 7.99. The van der Waals surface area contributed by atoms with Crippen LogP contribution in [-0.2, 0) is 12.0 Å². The third-order valence-corrected chi connectivity index (χ3v) is 7.01. The first-order valence-electron chi connectivity index (χ1n) is 10.4. The predicted molar refractivity (Wildman–Crippen MR) is 129 cm³/mol. The lowest BCUT2D eigenvalue weighted by Gasteiger charge is -2.45. The smallest absolute Gasteiger partial charge is 0.248 e. The normalized spacial score (nSPS) is 25.2. The Balaban J connectivity index is 1.89. The van der Waals surface area contributed by atoms with Gasteiger partial charge in [-0.05, 0) is 69.0 Å². The van der Waals surface area contributed by atoms with Crippen molar-refractivity contribution in [1.29, 1.82) is 0 Å². The summed E-state index contributed by atoms with van der Waals surface area (Å²) >= 11 is 3.64. The second-order valence-corrected chi connectivity index (χ2v) is 9.22. The molecule has 0 radical (unpaired) electrons. The van der Waals surface area contributed by atoms with Crippen LogP contribution in [0.4, 0.5) is 0 Å². The van der Waals surface area contributed by atoms with E-state index in [0.717, 1.165) is 45.4 Å². The van der Waals surface area contributed by atoms with E-state index in [0.29, 0.717) is 0 Å². The number of halogens is 1. The number of rotatable bonds is 3. The minimum absolute atomic E-state index is 0.0442. The molecule has 4 rings (SSSR count). The number of H-pyrrole nitrogens is 1. The predicted octanol–water partition coefficient (Wildman–Crippen LogP) is 6.37. The van der Waals surface area contributed by atoms with Gasteiger partial charge in [-0.1, -0.05) is 51.9 Å². The number of benzene rings is 1. The summed E-state index contributed by atoms with van der Waals surface area (Å²) in [5, 5.41) is 0. The van der Waals surface area contributed by atoms with Gasteiger partial charge in [0.2, 0.25) is 5.56 Å². The highest BCUT2D eigenvalue weighted by Crippen LogP contribution is 2.52. The molecule has 2 bridgehead atoms. The van der Waals surface area contributed by atoms with Crippen molar-refractivity contribution in [2.45, 2.75) is 46.1 Å². The molecule has 0 aliphatic heterocycles. The lowest BCUT2D eigenvalue weighted by molar-refractivity contribution is 0.412. The molecule has 154 valence electrons. The van der Waals surface area contributed by atoms with Crippen LogP contribution in [0.1, 0.15) is 50.9 Å². The molecule has 2 atom stereocenters. The van der Waals surface area contributed by atoms with Crippen LogP contribution in [0.5, 0.6) is 0 Å². The Bertz CT molecular complexity index is 1180. The molecule has 4 heteroatoms. The van der Waals surface area contributed by atoms with Gasteiger partial charge in [0.15, 0.2) is 0 Å². The SMILES string of the molecule is C/C=C1\C2C=C(C)CC1(N=C(C)/C(C)=C\c1ccccc1Br)c1ccc(=O)[nH]c1C2. The molecule has 1 N–H and O–H groups in total. The van der Waals surface area contributed by atoms with Gasteiger partial charge >= 0.3 is 0 Å². The van der Waals surface area contributed by atoms with Crippen LogP contribution in [0.2, 0.25) is 0 Å². The number of hydrogen-bond acceptors (Lipinski definition) is 2. The maximum absolute atomic E-state index is 12.0. The standard InChI is InChI=1S/C26H27BrN2O/c1-5-21-20-12-16(2)15-26(21,22-10-11-25(30)28-24(22)14-20)29-18(4)17(3)13-19-8-6-7-9-23(19)27/h5-13,20H,14-15H2,1-4H3,(H,28,30)/b17-13-,21-5+,29-18?. The molecule has 0 saturated heterocycles. The number of aromatic nitrogens is 1. The molecule has 0 spiro atoms. The molecule has 3 nitrogen and oxygen atoms in total. The van der Waals surface area contributed by atoms with Crippen molar-refractivity contribution in [2.75, 3.05) is 0 Å². The highest BCUT2D eigenvalue weighted by atomic mass is 79.9. The summed E-state index contributed by atoms with van der Waals surface area (Å²) in [6.45, 7) is 8.51. The van der Waals surface area contributed by atoms with Gasteiger partial charge < -0.3 is 4.98 Å². The van der Waals surface area contributed by atoms with E-state index in [4.69, 9.17) is 4.99 Å². The summed E-state index contributed by atoms with van der Waals surface area (Å²) in [5.41, 5.74) is 7.62. The van der Waals surface area contributed by atoms with Crippen LogP contribution in [0, 0.1) is 5.92 Å². The number of nitrogens with one attached hydrogen (secondary N) is 1. The molecule has 1 aromatic heterocycles. The fourth-order valence-corrected chi connectivity index (χ4v) is 5.33. The number of nitrogens with zero attached hydrogens (tertiary/aromatic N) is 1. The van der Waals surface area contributed by atoms with Gasteiger partial charge in [0.1, 0.15) is 5.54 Å². The summed E-state index contributed by atoms with van der Waals surface area (Å²) in [4.78, 5) is 20.5. The molecule has 2 aromatic rings. The van der Waals surface area contributed by atoms with Crippen molar-refractivity contribution in [1.82, 2.24) is 4.98 Å². The van der Waals surface area contributed by atoms with Crippen LogP contribution in [0.3, 0.4) is 0 Å². The first-order chi connectivity index (χ1) is 14.3. The number of pyridine rings is 1. The maximum Gasteiger partial charge on any atom is 0.248 e. The fraction of sp³-hybridized carbons (Fsp3) is 0.308. The Morgan fingerprint density at radius 3 is 2.73 bits per heavy atom. The summed E-state index contributed by atoms with van der Waals surface area (Å²) in [5.74, 6) is 0.276. The van der Waals surface area contributed by atoms with Gasteiger partial charge in [-0.25, -0.2) is 0 Å². The number of aromatic amines is 1. The van der Waals surface area contributed by atoms with Crippen LogP contribution in [0.15, 0.2) is 79.5 Å². The van der Waals surface area contributed by atoms with Crippen molar-refractivity contribution in [3.63, 3.8) is 0 Å². The van der Waals surface area contributed by atoms with E-state index < -0.39 is 5.54 Å². The van der Waals surface area contributed by atoms with Gasteiger partial charge in [0, 0.05) is 39.8 Å². The van der Waals surface area contributed by atoms with Crippen molar-refractivity contribution in [3.8, 4) is 0 Å². The molecule has 1 aromatic carbocycles. The number of aliphatic imine (C=N–C) groups is 1. The average Bonchev–Trinajstić information content (AvgIpc) is 2.68. The second-order valence-electron chi connectivity index (χ2n) is 8.37. The molecule has 0 fully saturated rings. The number of fused-ring (bicyclic) bond motifs is 4. The third kappa shape index (κ3) is 3.58. The molecule has 1 heterocycles. The summed E-state index contributed by atoms with van der Waals surface area (Å²) < 4.78 is 1.07. The first-order valence-corrected chi connectivity index (χ1v) is 11.2. The van der Waals surface area contributed by atoms with E-state index in [2.05, 4.69) is 79.0 Å². The molecule has 2 unspecified atom stereocenters. The topological polar surface area (TPSA) is 45.2 Å². The highest BCUT2D eigenvalue weighted by molar-refractivity contribution is 9.10. The molecule has 2 aliphatic carbocycles. The van der Waals surface area contributed by atoms with Gasteiger partial charge in [-0.2, -0.15) is 0 Å². The van der Waals surface area contributed by atoms with Crippen molar-refractivity contribution in [2.24, 2.45) is 10.9 Å². The Morgan fingerprint density at radius 2 is 2.00 bits per heavy atom. The van der Waals surface area contributed by atoms with Crippen molar-refractivity contribution < 1.29 is 0 Å². The minimum Gasteiger partial charge on any atom is -0.326 e. The molecule has 0 amide bonds. The molecular weight excluding hydrogens is 436 g/mol. The van der Waals surface area contributed by atoms with Crippen LogP contribution >= 0.6 is 15.9 Å². The Labute approximate surface area is 186 Å². The quantitative estimate of drug-likeness (QED) is 0.418. The molecular formula is C26H27BrN2O. The van der Waals surface area contributed by atoms with E-state index in [1.807, 2.05) is 18.2 Å². The average molecular weight is 463 g/mol. The summed E-state index contributed by atoms with van der Waals surface area (Å²) in [7, 11) is 0. The van der Waals surface area contributed by atoms with Gasteiger partial charge in [-0.15, -0.1) is 0 Å². The lowest BCUT2D eigenvalue weighted by Crippen LogP contribution is -2.41. The van der Waals surface area contributed by atoms with Crippen LogP contribution in [-0.4, -0.2) is 10.7 Å². The number of allylic oxidation sites excluding steroid dienone is 3. The minimum atomic E-state index is -0.455. The van der Waals surface area contributed by atoms with E-state index in [9.17, 15) is 4.79 Å². The lowest BCUT2D eigenvalue weighted by atomic mass is 9.63. The largest absolute Gasteiger partial charge is 0.326 e. The van der Waals surface area contributed by atoms with Crippen LogP contribution < -0.4 is 5.56 Å². The Kier molecular flexibility index (Phi) is 5.54. The summed E-state index contributed by atoms with van der Waals surface area (Å²) in [6, 6.07) is 11.8. The molecule has 2 aliphatic rings. The van der Waals surface area contributed by atoms with Gasteiger partial charge in [0.25, 0.3) is 0 Å². The summed E-state index contributed by atoms with van der Waals surface area (Å²) in [6.07, 6.45) is 8.41. The zero-order valence-corrected chi connectivity index (χ0v) is 19.5. The van der Waals surface area contributed by atoms with Gasteiger partial charge in [-0.3, -0.25) is 9.79 Å². The zero-order chi connectivity index (χ0) is 21.5. The van der Waals surface area contributed by atoms with E-state index in [1.165, 1.54) is 11.1 Å². The third-order valence-electron chi connectivity index (χ3n) is 6.29. The van der Waals surface area contributed by atoms with Crippen molar-refractivity contribution in [3.05, 3.63) is 96.9 Å². The van der Waals surface area contributed by atoms with Crippen molar-refractivity contribution >= 4 is 27.7 Å². The monoisotopic (exact) mass is 462 g/mol. The Morgan fingerprint density at radius 1 is 1.23 bits per heavy atom. The maximum atomic E-state index is 12.0. The van der Waals surface area contributed by atoms with E-state index in [1.54, 1.807) is 6.07 Å². The molecule has 30 heavy (non-hydrogen) atoms. The molecule has 0 saturated carbocycles. The fourth-order valence-electron chi connectivity index (χ4n) is 4.93. The van der Waals surface area contributed by atoms with E-state index >= 15 is 0 Å². The zero-order valence-electron chi connectivity index (χ0n) is 17.9. The van der Waals surface area contributed by atoms with E-state index in [-0.39, 0.29) is 11.5 Å². The number of hydrogen-bond donors (Lipinski definition) is 1. The van der Waals surface area contributed by atoms with Gasteiger partial charge in [0.05, 0.1) is 0 Å².